The van der Waals surface area contributed by atoms with Crippen molar-refractivity contribution >= 4 is 11.9 Å². The Labute approximate surface area is 237 Å². The lowest BCUT2D eigenvalue weighted by molar-refractivity contribution is -0.126. The maximum atomic E-state index is 13.4. The molecule has 0 unspecified atom stereocenters. The number of guanidine groups is 1. The van der Waals surface area contributed by atoms with Gasteiger partial charge >= 0.3 is 0 Å². The van der Waals surface area contributed by atoms with E-state index in [4.69, 9.17) is 11.1 Å². The van der Waals surface area contributed by atoms with Crippen LogP contribution >= 0.6 is 0 Å². The van der Waals surface area contributed by atoms with E-state index >= 15 is 0 Å². The maximum absolute atomic E-state index is 13.4. The Morgan fingerprint density at radius 2 is 1.00 bits per heavy atom. The second kappa shape index (κ2) is 28.7. The summed E-state index contributed by atoms with van der Waals surface area (Å²) in [4.78, 5) is 15.9. The number of unbranched alkanes of at least 4 members (excludes halogenated alkanes) is 17. The van der Waals surface area contributed by atoms with Crippen molar-refractivity contribution in [2.45, 2.75) is 168 Å². The van der Waals surface area contributed by atoms with Gasteiger partial charge < -0.3 is 16.4 Å². The molecule has 0 radical (unpaired) electrons. The fourth-order valence-corrected chi connectivity index (χ4v) is 5.20. The molecule has 0 aromatic rings. The second-order valence-corrected chi connectivity index (χ2v) is 11.3. The van der Waals surface area contributed by atoms with Crippen molar-refractivity contribution in [3.63, 3.8) is 0 Å². The number of carbonyl (C=O) groups is 1. The van der Waals surface area contributed by atoms with E-state index in [0.29, 0.717) is 6.54 Å². The molecule has 0 aromatic heterocycles. The van der Waals surface area contributed by atoms with Gasteiger partial charge in [-0.05, 0) is 45.2 Å². The second-order valence-electron chi connectivity index (χ2n) is 11.3. The van der Waals surface area contributed by atoms with Gasteiger partial charge in [-0.25, -0.2) is 0 Å². The lowest BCUT2D eigenvalue weighted by Gasteiger charge is -2.31. The van der Waals surface area contributed by atoms with E-state index in [1.54, 1.807) is 0 Å². The van der Waals surface area contributed by atoms with E-state index in [0.717, 1.165) is 38.9 Å². The van der Waals surface area contributed by atoms with E-state index in [9.17, 15) is 4.79 Å². The summed E-state index contributed by atoms with van der Waals surface area (Å²) in [6.07, 6.45) is 27.3. The van der Waals surface area contributed by atoms with E-state index in [1.165, 1.54) is 122 Å². The van der Waals surface area contributed by atoms with Gasteiger partial charge in [0.2, 0.25) is 5.91 Å². The number of hydrogen-bond acceptors (Lipinski definition) is 3. The molecule has 1 atom stereocenters. The molecule has 1 amide bonds. The molecule has 0 heterocycles. The third-order valence-electron chi connectivity index (χ3n) is 7.64. The van der Waals surface area contributed by atoms with Crippen molar-refractivity contribution in [1.82, 2.24) is 15.5 Å². The monoisotopic (exact) mass is 538 g/mol. The molecule has 226 valence electrons. The van der Waals surface area contributed by atoms with Crippen molar-refractivity contribution in [1.29, 1.82) is 5.41 Å². The smallest absolute Gasteiger partial charge is 0.237 e. The topological polar surface area (TPSA) is 94.2 Å². The first-order valence-corrected chi connectivity index (χ1v) is 16.7. The van der Waals surface area contributed by atoms with Gasteiger partial charge in [-0.15, -0.1) is 0 Å². The highest BCUT2D eigenvalue weighted by molar-refractivity contribution is 5.81. The van der Waals surface area contributed by atoms with E-state index in [2.05, 4.69) is 36.3 Å². The van der Waals surface area contributed by atoms with E-state index < -0.39 is 0 Å². The molecule has 0 aromatic carbocycles. The van der Waals surface area contributed by atoms with Gasteiger partial charge in [-0.1, -0.05) is 130 Å². The third kappa shape index (κ3) is 23.8. The zero-order chi connectivity index (χ0) is 28.1. The van der Waals surface area contributed by atoms with Crippen LogP contribution in [0.5, 0.6) is 0 Å². The highest BCUT2D eigenvalue weighted by atomic mass is 16.2. The third-order valence-corrected chi connectivity index (χ3v) is 7.64. The Morgan fingerprint density at radius 1 is 0.605 bits per heavy atom. The van der Waals surface area contributed by atoms with Gasteiger partial charge in [0.1, 0.15) is 0 Å². The van der Waals surface area contributed by atoms with Crippen LogP contribution in [0.25, 0.3) is 0 Å². The fourth-order valence-electron chi connectivity index (χ4n) is 5.20. The maximum Gasteiger partial charge on any atom is 0.237 e. The average Bonchev–Trinajstić information content (AvgIpc) is 2.90. The lowest BCUT2D eigenvalue weighted by Crippen LogP contribution is -2.48. The highest BCUT2D eigenvalue weighted by Gasteiger charge is 2.24. The summed E-state index contributed by atoms with van der Waals surface area (Å²) in [5, 5.41) is 13.6. The minimum absolute atomic E-state index is 0.00988. The lowest BCUT2D eigenvalue weighted by atomic mass is 10.0. The molecule has 0 bridgehead atoms. The number of carbonyl (C=O) groups excluding carboxylic acids is 1. The number of amides is 1. The van der Waals surface area contributed by atoms with Crippen molar-refractivity contribution in [2.24, 2.45) is 5.73 Å². The molecule has 5 N–H and O–H groups in total. The normalized spacial score (nSPS) is 12.1. The SMILES string of the molecule is CCCCCCCCCCCCNC(=O)[C@H](CCCNC(=N)N)N(CCCCCCC)CCCCCCC. The van der Waals surface area contributed by atoms with Crippen LogP contribution in [0, 0.1) is 5.41 Å². The Morgan fingerprint density at radius 3 is 1.45 bits per heavy atom. The van der Waals surface area contributed by atoms with E-state index in [1.807, 2.05) is 0 Å². The molecule has 38 heavy (non-hydrogen) atoms. The summed E-state index contributed by atoms with van der Waals surface area (Å²) in [5.74, 6) is 0.210. The molecule has 0 saturated heterocycles. The number of nitrogens with two attached hydrogens (primary N) is 1. The van der Waals surface area contributed by atoms with Crippen molar-refractivity contribution in [3.8, 4) is 0 Å². The van der Waals surface area contributed by atoms with Crippen molar-refractivity contribution < 1.29 is 4.79 Å². The molecule has 6 nitrogen and oxygen atoms in total. The minimum atomic E-state index is -0.0794. The Hall–Kier alpha value is -1.30. The molecule has 0 aliphatic rings. The predicted octanol–water partition coefficient (Wildman–Crippen LogP) is 7.90. The Balaban J connectivity index is 4.70. The summed E-state index contributed by atoms with van der Waals surface area (Å²) < 4.78 is 0. The molecule has 0 fully saturated rings. The zero-order valence-corrected chi connectivity index (χ0v) is 25.9. The Kier molecular flexibility index (Phi) is 27.7. The summed E-state index contributed by atoms with van der Waals surface area (Å²) in [7, 11) is 0. The van der Waals surface area contributed by atoms with Crippen LogP contribution in [0.3, 0.4) is 0 Å². The molecule has 0 aliphatic carbocycles. The number of rotatable bonds is 29. The average molecular weight is 538 g/mol. The van der Waals surface area contributed by atoms with E-state index in [-0.39, 0.29) is 17.9 Å². The largest absolute Gasteiger partial charge is 0.370 e. The molecular weight excluding hydrogens is 470 g/mol. The summed E-state index contributed by atoms with van der Waals surface area (Å²) >= 11 is 0. The van der Waals surface area contributed by atoms with Gasteiger partial charge in [0.05, 0.1) is 6.04 Å². The number of hydrogen-bond donors (Lipinski definition) is 4. The summed E-state index contributed by atoms with van der Waals surface area (Å²) in [6, 6.07) is -0.0794. The van der Waals surface area contributed by atoms with Crippen LogP contribution in [0.15, 0.2) is 0 Å². The van der Waals surface area contributed by atoms with Gasteiger partial charge in [0.15, 0.2) is 5.96 Å². The van der Waals surface area contributed by atoms with Gasteiger partial charge in [-0.3, -0.25) is 15.1 Å². The van der Waals surface area contributed by atoms with Gasteiger partial charge in [0, 0.05) is 13.1 Å². The van der Waals surface area contributed by atoms with Crippen molar-refractivity contribution in [3.05, 3.63) is 0 Å². The number of nitrogens with zero attached hydrogens (tertiary/aromatic N) is 1. The fraction of sp³-hybridized carbons (Fsp3) is 0.938. The minimum Gasteiger partial charge on any atom is -0.370 e. The highest BCUT2D eigenvalue weighted by Crippen LogP contribution is 2.15. The Bertz CT molecular complexity index is 514. The van der Waals surface area contributed by atoms with Gasteiger partial charge in [0.25, 0.3) is 0 Å². The first-order valence-electron chi connectivity index (χ1n) is 16.7. The van der Waals surface area contributed by atoms with Crippen LogP contribution in [0.4, 0.5) is 0 Å². The first kappa shape index (κ1) is 36.7. The summed E-state index contributed by atoms with van der Waals surface area (Å²) in [5.41, 5.74) is 5.47. The number of nitrogens with one attached hydrogen (secondary N) is 3. The molecule has 6 heteroatoms. The van der Waals surface area contributed by atoms with Crippen LogP contribution in [-0.2, 0) is 4.79 Å². The summed E-state index contributed by atoms with van der Waals surface area (Å²) in [6.45, 7) is 10.2. The molecular formula is C32H67N5O. The standard InChI is InChI=1S/C32H67N5O/c1-4-7-10-13-14-15-16-17-18-21-26-35-31(38)30(25-24-27-36-32(33)34)37(28-22-19-11-8-5-2)29-23-20-12-9-6-3/h30H,4-29H2,1-3H3,(H,35,38)(H4,33,34,36)/t30-/m0/s1. The van der Waals surface area contributed by atoms with Crippen LogP contribution in [-0.4, -0.2) is 49.0 Å². The molecule has 0 spiro atoms. The van der Waals surface area contributed by atoms with Gasteiger partial charge in [-0.2, -0.15) is 0 Å². The molecule has 0 saturated carbocycles. The predicted molar refractivity (Wildman–Crippen MR) is 167 cm³/mol. The zero-order valence-electron chi connectivity index (χ0n) is 25.9. The van der Waals surface area contributed by atoms with Crippen LogP contribution in [0.1, 0.15) is 162 Å². The van der Waals surface area contributed by atoms with Crippen LogP contribution < -0.4 is 16.4 Å². The first-order chi connectivity index (χ1) is 18.6. The molecule has 0 aliphatic heterocycles. The van der Waals surface area contributed by atoms with Crippen molar-refractivity contribution in [2.75, 3.05) is 26.2 Å². The quantitative estimate of drug-likeness (QED) is 0.0443. The van der Waals surface area contributed by atoms with Crippen LogP contribution in [0.2, 0.25) is 0 Å². The molecule has 0 rings (SSSR count).